The van der Waals surface area contributed by atoms with Crippen molar-refractivity contribution in [2.45, 2.75) is 20.0 Å². The molecule has 0 saturated carbocycles. The van der Waals surface area contributed by atoms with Gasteiger partial charge >= 0.3 is 0 Å². The van der Waals surface area contributed by atoms with Crippen molar-refractivity contribution >= 4 is 17.3 Å². The number of pyridine rings is 1. The van der Waals surface area contributed by atoms with Crippen LogP contribution in [0.5, 0.6) is 17.5 Å². The maximum Gasteiger partial charge on any atom is 0.240 e. The normalized spacial score (nSPS) is 10.5. The van der Waals surface area contributed by atoms with Crippen LogP contribution in [0.1, 0.15) is 13.8 Å². The average Bonchev–Trinajstić information content (AvgIpc) is 2.33. The highest BCUT2D eigenvalue weighted by Gasteiger charge is 2.08. The Balaban J connectivity index is 2.21. The minimum atomic E-state index is -0.00350. The quantitative estimate of drug-likeness (QED) is 0.921. The molecule has 1 heterocycles. The van der Waals surface area contributed by atoms with E-state index >= 15 is 0 Å². The Hall–Kier alpha value is -1.94. The van der Waals surface area contributed by atoms with Crippen molar-refractivity contribution in [2.24, 2.45) is 0 Å². The average molecular weight is 279 g/mol. The van der Waals surface area contributed by atoms with Crippen LogP contribution >= 0.6 is 11.6 Å². The molecule has 0 bridgehead atoms. The Morgan fingerprint density at radius 1 is 1.21 bits per heavy atom. The molecule has 0 spiro atoms. The van der Waals surface area contributed by atoms with Crippen LogP contribution in [0.3, 0.4) is 0 Å². The van der Waals surface area contributed by atoms with Crippen molar-refractivity contribution in [3.63, 3.8) is 0 Å². The lowest BCUT2D eigenvalue weighted by atomic mass is 10.3. The smallest absolute Gasteiger partial charge is 0.240 e. The Labute approximate surface area is 117 Å². The number of nitrogen functional groups attached to an aromatic ring is 1. The van der Waals surface area contributed by atoms with Gasteiger partial charge in [-0.1, -0.05) is 17.7 Å². The monoisotopic (exact) mass is 278 g/mol. The lowest BCUT2D eigenvalue weighted by Crippen LogP contribution is -2.09. The van der Waals surface area contributed by atoms with Gasteiger partial charge in [-0.2, -0.15) is 4.98 Å². The summed E-state index contributed by atoms with van der Waals surface area (Å²) in [7, 11) is 0. The van der Waals surface area contributed by atoms with Crippen LogP contribution < -0.4 is 15.2 Å². The number of aromatic nitrogens is 1. The molecule has 0 saturated heterocycles. The number of hydrogen-bond acceptors (Lipinski definition) is 4. The summed E-state index contributed by atoms with van der Waals surface area (Å²) >= 11 is 5.89. The van der Waals surface area contributed by atoms with E-state index in [1.165, 1.54) is 0 Å². The molecule has 2 aromatic rings. The number of hydrogen-bond donors (Lipinski definition) is 1. The predicted octanol–water partition coefficient (Wildman–Crippen LogP) is 3.90. The van der Waals surface area contributed by atoms with Crippen molar-refractivity contribution < 1.29 is 9.47 Å². The molecular weight excluding hydrogens is 264 g/mol. The summed E-state index contributed by atoms with van der Waals surface area (Å²) in [5.74, 6) is 1.39. The molecule has 2 rings (SSSR count). The second-order valence-corrected chi connectivity index (χ2v) is 4.71. The topological polar surface area (TPSA) is 57.4 Å². The molecular formula is C14H15ClN2O2. The van der Waals surface area contributed by atoms with E-state index in [2.05, 4.69) is 4.98 Å². The van der Waals surface area contributed by atoms with Crippen LogP contribution in [0, 0.1) is 0 Å². The molecule has 2 N–H and O–H groups in total. The zero-order chi connectivity index (χ0) is 13.8. The van der Waals surface area contributed by atoms with Gasteiger partial charge in [0.25, 0.3) is 0 Å². The van der Waals surface area contributed by atoms with E-state index < -0.39 is 0 Å². The molecule has 5 heteroatoms. The van der Waals surface area contributed by atoms with Crippen LogP contribution in [0.15, 0.2) is 36.4 Å². The molecule has 1 aromatic heterocycles. The first kappa shape index (κ1) is 13.5. The van der Waals surface area contributed by atoms with Gasteiger partial charge in [0.1, 0.15) is 5.75 Å². The van der Waals surface area contributed by atoms with Gasteiger partial charge in [0.15, 0.2) is 0 Å². The van der Waals surface area contributed by atoms with Crippen LogP contribution in [0.4, 0.5) is 5.69 Å². The van der Waals surface area contributed by atoms with E-state index in [-0.39, 0.29) is 6.10 Å². The highest BCUT2D eigenvalue weighted by Crippen LogP contribution is 2.27. The van der Waals surface area contributed by atoms with Crippen molar-refractivity contribution in [1.29, 1.82) is 0 Å². The minimum Gasteiger partial charge on any atom is -0.473 e. The summed E-state index contributed by atoms with van der Waals surface area (Å²) in [6.45, 7) is 3.82. The van der Waals surface area contributed by atoms with E-state index in [9.17, 15) is 0 Å². The number of ether oxygens (including phenoxy) is 2. The molecule has 100 valence electrons. The van der Waals surface area contributed by atoms with E-state index in [0.717, 1.165) is 0 Å². The number of anilines is 1. The summed E-state index contributed by atoms with van der Waals surface area (Å²) in [5.41, 5.74) is 6.27. The summed E-state index contributed by atoms with van der Waals surface area (Å²) in [6, 6.07) is 10.5. The number of halogens is 1. The van der Waals surface area contributed by atoms with Gasteiger partial charge in [-0.25, -0.2) is 0 Å². The third kappa shape index (κ3) is 3.76. The lowest BCUT2D eigenvalue weighted by molar-refractivity contribution is 0.232. The fourth-order valence-electron chi connectivity index (χ4n) is 1.46. The maximum atomic E-state index is 5.89. The van der Waals surface area contributed by atoms with E-state index in [0.29, 0.717) is 28.2 Å². The van der Waals surface area contributed by atoms with Crippen molar-refractivity contribution in [1.82, 2.24) is 4.98 Å². The van der Waals surface area contributed by atoms with Gasteiger partial charge in [0, 0.05) is 11.1 Å². The maximum absolute atomic E-state index is 5.89. The highest BCUT2D eigenvalue weighted by atomic mass is 35.5. The second-order valence-electron chi connectivity index (χ2n) is 4.27. The van der Waals surface area contributed by atoms with Gasteiger partial charge < -0.3 is 15.2 Å². The van der Waals surface area contributed by atoms with Gasteiger partial charge in [-0.05, 0) is 38.1 Å². The van der Waals surface area contributed by atoms with Gasteiger partial charge in [-0.3, -0.25) is 0 Å². The summed E-state index contributed by atoms with van der Waals surface area (Å²) in [4.78, 5) is 4.22. The molecule has 0 amide bonds. The minimum absolute atomic E-state index is 0.00350. The number of nitrogens with zero attached hydrogens (tertiary/aromatic N) is 1. The molecule has 4 nitrogen and oxygen atoms in total. The van der Waals surface area contributed by atoms with Gasteiger partial charge in [0.2, 0.25) is 11.8 Å². The number of nitrogens with two attached hydrogens (primary N) is 1. The SMILES string of the molecule is CC(C)Oc1nc(Oc2cccc(Cl)c2)ccc1N. The molecule has 0 fully saturated rings. The Kier molecular flexibility index (Phi) is 4.12. The largest absolute Gasteiger partial charge is 0.473 e. The number of rotatable bonds is 4. The zero-order valence-corrected chi connectivity index (χ0v) is 11.5. The first-order valence-electron chi connectivity index (χ1n) is 5.91. The standard InChI is InChI=1S/C14H15ClN2O2/c1-9(2)18-14-12(16)6-7-13(17-14)19-11-5-3-4-10(15)8-11/h3-9H,16H2,1-2H3. The molecule has 0 aliphatic rings. The fraction of sp³-hybridized carbons (Fsp3) is 0.214. The van der Waals surface area contributed by atoms with Crippen LogP contribution in [-0.2, 0) is 0 Å². The summed E-state index contributed by atoms with van der Waals surface area (Å²) < 4.78 is 11.1. The predicted molar refractivity (Wildman–Crippen MR) is 75.9 cm³/mol. The van der Waals surface area contributed by atoms with Crippen LogP contribution in [-0.4, -0.2) is 11.1 Å². The van der Waals surface area contributed by atoms with Crippen molar-refractivity contribution in [2.75, 3.05) is 5.73 Å². The fourth-order valence-corrected chi connectivity index (χ4v) is 1.64. The van der Waals surface area contributed by atoms with Crippen LogP contribution in [0.25, 0.3) is 0 Å². The van der Waals surface area contributed by atoms with E-state index in [4.69, 9.17) is 26.8 Å². The Morgan fingerprint density at radius 3 is 2.68 bits per heavy atom. The molecule has 0 aliphatic carbocycles. The molecule has 1 aromatic carbocycles. The second kappa shape index (κ2) is 5.80. The zero-order valence-electron chi connectivity index (χ0n) is 10.8. The van der Waals surface area contributed by atoms with Gasteiger partial charge in [0.05, 0.1) is 11.8 Å². The first-order valence-corrected chi connectivity index (χ1v) is 6.29. The van der Waals surface area contributed by atoms with Crippen LogP contribution in [0.2, 0.25) is 5.02 Å². The van der Waals surface area contributed by atoms with E-state index in [1.807, 2.05) is 13.8 Å². The molecule has 0 aliphatic heterocycles. The van der Waals surface area contributed by atoms with Crippen molar-refractivity contribution in [3.05, 3.63) is 41.4 Å². The molecule has 0 unspecified atom stereocenters. The Morgan fingerprint density at radius 2 is 2.00 bits per heavy atom. The third-order valence-electron chi connectivity index (χ3n) is 2.23. The molecule has 0 radical (unpaired) electrons. The lowest BCUT2D eigenvalue weighted by Gasteiger charge is -2.12. The Bertz CT molecular complexity index is 573. The van der Waals surface area contributed by atoms with Crippen molar-refractivity contribution in [3.8, 4) is 17.5 Å². The molecule has 0 atom stereocenters. The van der Waals surface area contributed by atoms with E-state index in [1.54, 1.807) is 36.4 Å². The summed E-state index contributed by atoms with van der Waals surface area (Å²) in [6.07, 6.45) is -0.00350. The third-order valence-corrected chi connectivity index (χ3v) is 2.47. The number of benzene rings is 1. The van der Waals surface area contributed by atoms with Gasteiger partial charge in [-0.15, -0.1) is 0 Å². The summed E-state index contributed by atoms with van der Waals surface area (Å²) in [5, 5.41) is 0.603. The highest BCUT2D eigenvalue weighted by molar-refractivity contribution is 6.30. The first-order chi connectivity index (χ1) is 9.04. The molecule has 19 heavy (non-hydrogen) atoms.